The first-order valence-electron chi connectivity index (χ1n) is 9.05. The van der Waals surface area contributed by atoms with E-state index < -0.39 is 0 Å². The van der Waals surface area contributed by atoms with Crippen LogP contribution in [0.15, 0.2) is 41.1 Å². The fourth-order valence-electron chi connectivity index (χ4n) is 3.58. The number of amides is 1. The van der Waals surface area contributed by atoms with E-state index in [0.717, 1.165) is 11.3 Å². The Bertz CT molecular complexity index is 984. The molecular weight excluding hydrogens is 414 g/mol. The van der Waals surface area contributed by atoms with Crippen molar-refractivity contribution < 1.29 is 14.3 Å². The van der Waals surface area contributed by atoms with Crippen molar-refractivity contribution in [3.8, 4) is 11.5 Å². The Morgan fingerprint density at radius 2 is 2.14 bits per heavy atom. The second-order valence-corrected chi connectivity index (χ2v) is 8.78. The van der Waals surface area contributed by atoms with Crippen LogP contribution in [0.4, 0.5) is 0 Å². The molecule has 4 rings (SSSR count). The van der Waals surface area contributed by atoms with Crippen molar-refractivity contribution in [3.05, 3.63) is 67.0 Å². The van der Waals surface area contributed by atoms with Crippen LogP contribution in [-0.2, 0) is 6.42 Å². The van der Waals surface area contributed by atoms with Crippen LogP contribution >= 0.6 is 34.3 Å². The molecule has 146 valence electrons. The van der Waals surface area contributed by atoms with Gasteiger partial charge in [0.1, 0.15) is 0 Å². The van der Waals surface area contributed by atoms with Gasteiger partial charge in [0, 0.05) is 21.9 Å². The molecule has 0 N–H and O–H groups in total. The molecule has 1 aliphatic rings. The normalized spacial score (nSPS) is 16.0. The molecule has 0 saturated heterocycles. The lowest BCUT2D eigenvalue weighted by molar-refractivity contribution is 0.0698. The quantitative estimate of drug-likeness (QED) is 0.521. The van der Waals surface area contributed by atoms with Gasteiger partial charge in [-0.1, -0.05) is 17.7 Å². The zero-order chi connectivity index (χ0) is 19.7. The highest BCUT2D eigenvalue weighted by atomic mass is 35.5. The zero-order valence-electron chi connectivity index (χ0n) is 15.6. The first-order chi connectivity index (χ1) is 13.6. The number of halogens is 1. The number of rotatable bonds is 5. The van der Waals surface area contributed by atoms with Crippen molar-refractivity contribution in [2.45, 2.75) is 19.4 Å². The molecule has 3 heterocycles. The Morgan fingerprint density at radius 1 is 1.29 bits per heavy atom. The topological polar surface area (TPSA) is 38.8 Å². The van der Waals surface area contributed by atoms with Gasteiger partial charge in [0.25, 0.3) is 5.91 Å². The largest absolute Gasteiger partial charge is 0.493 e. The fraction of sp³-hybridized carbons (Fsp3) is 0.286. The molecule has 1 atom stereocenters. The number of fused-ring (bicyclic) bond motifs is 1. The van der Waals surface area contributed by atoms with Gasteiger partial charge < -0.3 is 14.4 Å². The van der Waals surface area contributed by atoms with Crippen molar-refractivity contribution >= 4 is 40.2 Å². The average Bonchev–Trinajstić information content (AvgIpc) is 3.39. The van der Waals surface area contributed by atoms with Crippen LogP contribution in [0, 0.1) is 0 Å². The van der Waals surface area contributed by atoms with E-state index in [1.165, 1.54) is 10.4 Å². The van der Waals surface area contributed by atoms with Crippen LogP contribution in [0.5, 0.6) is 11.5 Å². The van der Waals surface area contributed by atoms with Gasteiger partial charge in [0.05, 0.1) is 24.8 Å². The van der Waals surface area contributed by atoms with Crippen LogP contribution in [0.1, 0.15) is 38.6 Å². The molecule has 3 aromatic rings. The number of nitrogens with zero attached hydrogens (tertiary/aromatic N) is 1. The van der Waals surface area contributed by atoms with Crippen molar-refractivity contribution in [1.29, 1.82) is 0 Å². The van der Waals surface area contributed by atoms with Crippen LogP contribution in [0.25, 0.3) is 0 Å². The third-order valence-electron chi connectivity index (χ3n) is 4.80. The van der Waals surface area contributed by atoms with Crippen LogP contribution in [0.2, 0.25) is 5.02 Å². The number of ether oxygens (including phenoxy) is 2. The number of thiophene rings is 2. The summed E-state index contributed by atoms with van der Waals surface area (Å²) in [5, 5.41) is 4.54. The molecule has 0 fully saturated rings. The van der Waals surface area contributed by atoms with E-state index in [4.69, 9.17) is 21.1 Å². The number of hydrogen-bond acceptors (Lipinski definition) is 5. The van der Waals surface area contributed by atoms with E-state index in [-0.39, 0.29) is 11.9 Å². The van der Waals surface area contributed by atoms with Crippen molar-refractivity contribution in [3.63, 3.8) is 0 Å². The minimum atomic E-state index is -0.0705. The predicted molar refractivity (Wildman–Crippen MR) is 114 cm³/mol. The molecule has 0 bridgehead atoms. The summed E-state index contributed by atoms with van der Waals surface area (Å²) in [6.07, 6.45) is 0.864. The van der Waals surface area contributed by atoms with Crippen LogP contribution in [0.3, 0.4) is 0 Å². The highest BCUT2D eigenvalue weighted by molar-refractivity contribution is 7.10. The minimum Gasteiger partial charge on any atom is -0.493 e. The molecule has 1 amide bonds. The van der Waals surface area contributed by atoms with Crippen molar-refractivity contribution in [2.24, 2.45) is 0 Å². The zero-order valence-corrected chi connectivity index (χ0v) is 18.0. The summed E-state index contributed by atoms with van der Waals surface area (Å²) in [5.74, 6) is 0.883. The number of carbonyl (C=O) groups excluding carboxylic acids is 1. The Labute approximate surface area is 177 Å². The van der Waals surface area contributed by atoms with E-state index in [1.54, 1.807) is 41.9 Å². The van der Waals surface area contributed by atoms with E-state index in [9.17, 15) is 4.79 Å². The van der Waals surface area contributed by atoms with Crippen LogP contribution in [-0.4, -0.2) is 31.1 Å². The lowest BCUT2D eigenvalue weighted by atomic mass is 9.97. The fourth-order valence-corrected chi connectivity index (χ4v) is 5.61. The van der Waals surface area contributed by atoms with Gasteiger partial charge in [0.15, 0.2) is 11.5 Å². The summed E-state index contributed by atoms with van der Waals surface area (Å²) < 4.78 is 11.0. The summed E-state index contributed by atoms with van der Waals surface area (Å²) >= 11 is 9.84. The lowest BCUT2D eigenvalue weighted by Crippen LogP contribution is -2.39. The molecule has 28 heavy (non-hydrogen) atoms. The molecule has 1 aliphatic heterocycles. The number of benzene rings is 1. The second kappa shape index (κ2) is 8.15. The highest BCUT2D eigenvalue weighted by Gasteiger charge is 2.34. The third kappa shape index (κ3) is 3.41. The second-order valence-electron chi connectivity index (χ2n) is 6.39. The number of hydrogen-bond donors (Lipinski definition) is 0. The molecule has 7 heteroatoms. The molecule has 0 aliphatic carbocycles. The van der Waals surface area contributed by atoms with Gasteiger partial charge in [-0.25, -0.2) is 0 Å². The Morgan fingerprint density at radius 3 is 2.86 bits per heavy atom. The molecule has 0 spiro atoms. The Hall–Kier alpha value is -2.02. The standard InChI is InChI=1S/C21H20ClNO3S2/c1-3-26-20-15(22)11-13(12-16(20)25-2)21(24)23-8-6-17-14(7-10-28-17)19(23)18-5-4-9-27-18/h4-5,7,9-12,19H,3,6,8H2,1-2H3. The van der Waals surface area contributed by atoms with Crippen molar-refractivity contribution in [2.75, 3.05) is 20.3 Å². The van der Waals surface area contributed by atoms with Gasteiger partial charge in [-0.15, -0.1) is 22.7 Å². The van der Waals surface area contributed by atoms with Gasteiger partial charge in [-0.05, 0) is 53.9 Å². The maximum Gasteiger partial charge on any atom is 0.254 e. The summed E-state index contributed by atoms with van der Waals surface area (Å²) in [4.78, 5) is 18.0. The van der Waals surface area contributed by atoms with E-state index in [1.807, 2.05) is 17.9 Å². The first-order valence-corrected chi connectivity index (χ1v) is 11.2. The van der Waals surface area contributed by atoms with E-state index >= 15 is 0 Å². The predicted octanol–water partition coefficient (Wildman–Crippen LogP) is 5.66. The molecule has 1 unspecified atom stereocenters. The van der Waals surface area contributed by atoms with Gasteiger partial charge >= 0.3 is 0 Å². The van der Waals surface area contributed by atoms with Gasteiger partial charge in [-0.3, -0.25) is 4.79 Å². The molecule has 2 aromatic heterocycles. The summed E-state index contributed by atoms with van der Waals surface area (Å²) in [6.45, 7) is 3.02. The number of carbonyl (C=O) groups is 1. The Balaban J connectivity index is 1.74. The van der Waals surface area contributed by atoms with E-state index in [2.05, 4.69) is 22.9 Å². The SMILES string of the molecule is CCOc1c(Cl)cc(C(=O)N2CCc3sccc3C2c2cccs2)cc1OC. The average molecular weight is 434 g/mol. The highest BCUT2D eigenvalue weighted by Crippen LogP contribution is 2.42. The molecule has 4 nitrogen and oxygen atoms in total. The molecular formula is C21H20ClNO3S2. The van der Waals surface area contributed by atoms with Gasteiger partial charge in [0.2, 0.25) is 0 Å². The summed E-state index contributed by atoms with van der Waals surface area (Å²) in [6, 6.07) is 9.57. The smallest absolute Gasteiger partial charge is 0.254 e. The molecule has 0 saturated carbocycles. The Kier molecular flexibility index (Phi) is 5.62. The number of methoxy groups -OCH3 is 1. The van der Waals surface area contributed by atoms with Crippen LogP contribution < -0.4 is 9.47 Å². The molecule has 1 aromatic carbocycles. The third-order valence-corrected chi connectivity index (χ3v) is 7.01. The summed E-state index contributed by atoms with van der Waals surface area (Å²) in [5.41, 5.74) is 1.72. The van der Waals surface area contributed by atoms with Crippen molar-refractivity contribution in [1.82, 2.24) is 4.90 Å². The minimum absolute atomic E-state index is 0.0569. The maximum atomic E-state index is 13.5. The monoisotopic (exact) mass is 433 g/mol. The maximum absolute atomic E-state index is 13.5. The first kappa shape index (κ1) is 19.3. The van der Waals surface area contributed by atoms with Gasteiger partial charge in [-0.2, -0.15) is 0 Å². The molecule has 0 radical (unpaired) electrons. The lowest BCUT2D eigenvalue weighted by Gasteiger charge is -2.35. The van der Waals surface area contributed by atoms with E-state index in [0.29, 0.717) is 35.2 Å². The summed E-state index contributed by atoms with van der Waals surface area (Å²) in [7, 11) is 1.55.